The molecule has 0 fully saturated rings. The van der Waals surface area contributed by atoms with Crippen LogP contribution in [0.3, 0.4) is 0 Å². The van der Waals surface area contributed by atoms with Crippen molar-refractivity contribution in [1.29, 1.82) is 0 Å². The average molecular weight is 341 g/mol. The highest BCUT2D eigenvalue weighted by Crippen LogP contribution is 2.25. The van der Waals surface area contributed by atoms with Crippen LogP contribution in [0.4, 0.5) is 10.1 Å². The SMILES string of the molecule is O=C(CNCCc1ccc(F)cc1)Nc1ccc(Cl)cc1Cl. The summed E-state index contributed by atoms with van der Waals surface area (Å²) >= 11 is 11.8. The van der Waals surface area contributed by atoms with E-state index in [0.29, 0.717) is 22.3 Å². The maximum Gasteiger partial charge on any atom is 0.238 e. The van der Waals surface area contributed by atoms with E-state index in [2.05, 4.69) is 10.6 Å². The van der Waals surface area contributed by atoms with Gasteiger partial charge in [-0.25, -0.2) is 4.39 Å². The summed E-state index contributed by atoms with van der Waals surface area (Å²) in [6, 6.07) is 11.2. The van der Waals surface area contributed by atoms with Gasteiger partial charge < -0.3 is 10.6 Å². The van der Waals surface area contributed by atoms with Gasteiger partial charge in [-0.05, 0) is 48.9 Å². The van der Waals surface area contributed by atoms with Crippen LogP contribution in [0.5, 0.6) is 0 Å². The van der Waals surface area contributed by atoms with Crippen LogP contribution in [0, 0.1) is 5.82 Å². The van der Waals surface area contributed by atoms with Crippen LogP contribution >= 0.6 is 23.2 Å². The summed E-state index contributed by atoms with van der Waals surface area (Å²) in [5.74, 6) is -0.445. The first kappa shape index (κ1) is 16.7. The Bertz CT molecular complexity index is 647. The molecule has 2 aromatic rings. The lowest BCUT2D eigenvalue weighted by Crippen LogP contribution is -2.29. The zero-order valence-electron chi connectivity index (χ0n) is 11.7. The van der Waals surface area contributed by atoms with Crippen molar-refractivity contribution in [2.45, 2.75) is 6.42 Å². The van der Waals surface area contributed by atoms with Gasteiger partial charge in [0.1, 0.15) is 5.82 Å². The quantitative estimate of drug-likeness (QED) is 0.783. The number of halogens is 3. The van der Waals surface area contributed by atoms with Gasteiger partial charge in [0.25, 0.3) is 0 Å². The van der Waals surface area contributed by atoms with Crippen molar-refractivity contribution in [3.05, 3.63) is 63.9 Å². The molecule has 0 atom stereocenters. The van der Waals surface area contributed by atoms with Gasteiger partial charge >= 0.3 is 0 Å². The van der Waals surface area contributed by atoms with Gasteiger partial charge in [-0.1, -0.05) is 35.3 Å². The number of amides is 1. The van der Waals surface area contributed by atoms with Gasteiger partial charge in [0, 0.05) is 5.02 Å². The Hall–Kier alpha value is -1.62. The molecule has 116 valence electrons. The van der Waals surface area contributed by atoms with Crippen LogP contribution in [-0.4, -0.2) is 19.0 Å². The highest BCUT2D eigenvalue weighted by Gasteiger charge is 2.06. The molecule has 0 aromatic heterocycles. The number of benzene rings is 2. The second kappa shape index (κ2) is 8.13. The minimum absolute atomic E-state index is 0.167. The molecule has 22 heavy (non-hydrogen) atoms. The molecule has 0 bridgehead atoms. The average Bonchev–Trinajstić information content (AvgIpc) is 2.48. The van der Waals surface area contributed by atoms with Crippen LogP contribution < -0.4 is 10.6 Å². The van der Waals surface area contributed by atoms with Crippen molar-refractivity contribution >= 4 is 34.8 Å². The number of nitrogens with one attached hydrogen (secondary N) is 2. The molecule has 0 spiro atoms. The minimum Gasteiger partial charge on any atom is -0.324 e. The fourth-order valence-corrected chi connectivity index (χ4v) is 2.33. The maximum absolute atomic E-state index is 12.8. The molecule has 0 saturated heterocycles. The van der Waals surface area contributed by atoms with Crippen molar-refractivity contribution in [3.8, 4) is 0 Å². The molecule has 0 saturated carbocycles. The van der Waals surface area contributed by atoms with Gasteiger partial charge in [-0.3, -0.25) is 4.79 Å². The van der Waals surface area contributed by atoms with Crippen molar-refractivity contribution in [3.63, 3.8) is 0 Å². The smallest absolute Gasteiger partial charge is 0.238 e. The fraction of sp³-hybridized carbons (Fsp3) is 0.188. The highest BCUT2D eigenvalue weighted by atomic mass is 35.5. The summed E-state index contributed by atoms with van der Waals surface area (Å²) in [4.78, 5) is 11.8. The summed E-state index contributed by atoms with van der Waals surface area (Å²) in [6.07, 6.45) is 0.718. The van der Waals surface area contributed by atoms with Crippen LogP contribution in [0.25, 0.3) is 0 Å². The molecule has 3 nitrogen and oxygen atoms in total. The van der Waals surface area contributed by atoms with Crippen molar-refractivity contribution in [1.82, 2.24) is 5.32 Å². The zero-order chi connectivity index (χ0) is 15.9. The Balaban J connectivity index is 1.72. The lowest BCUT2D eigenvalue weighted by Gasteiger charge is -2.08. The van der Waals surface area contributed by atoms with E-state index in [9.17, 15) is 9.18 Å². The van der Waals surface area contributed by atoms with Gasteiger partial charge in [0.05, 0.1) is 17.3 Å². The normalized spacial score (nSPS) is 10.5. The van der Waals surface area contributed by atoms with Crippen LogP contribution in [0.1, 0.15) is 5.56 Å². The largest absolute Gasteiger partial charge is 0.324 e. The monoisotopic (exact) mass is 340 g/mol. The third kappa shape index (κ3) is 5.30. The summed E-state index contributed by atoms with van der Waals surface area (Å²) < 4.78 is 12.8. The number of carbonyl (C=O) groups excluding carboxylic acids is 1. The Kier molecular flexibility index (Phi) is 6.19. The third-order valence-corrected chi connectivity index (χ3v) is 3.54. The van der Waals surface area contributed by atoms with E-state index in [-0.39, 0.29) is 18.3 Å². The number of anilines is 1. The molecule has 0 aliphatic heterocycles. The minimum atomic E-state index is -0.254. The Labute approximate surface area is 138 Å². The second-order valence-corrected chi connectivity index (χ2v) is 5.57. The Morgan fingerprint density at radius 1 is 1.09 bits per heavy atom. The molecule has 6 heteroatoms. The third-order valence-electron chi connectivity index (χ3n) is 2.99. The van der Waals surface area contributed by atoms with Crippen molar-refractivity contribution in [2.24, 2.45) is 0 Å². The molecule has 2 aromatic carbocycles. The molecule has 0 heterocycles. The Morgan fingerprint density at radius 3 is 2.50 bits per heavy atom. The topological polar surface area (TPSA) is 41.1 Å². The molecule has 2 N–H and O–H groups in total. The summed E-state index contributed by atoms with van der Waals surface area (Å²) in [7, 11) is 0. The maximum atomic E-state index is 12.8. The van der Waals surface area contributed by atoms with E-state index < -0.39 is 0 Å². The first-order chi connectivity index (χ1) is 10.5. The van der Waals surface area contributed by atoms with Crippen LogP contribution in [0.15, 0.2) is 42.5 Å². The standard InChI is InChI=1S/C16H15Cl2FN2O/c17-12-3-6-15(14(18)9-12)21-16(22)10-20-8-7-11-1-4-13(19)5-2-11/h1-6,9,20H,7-8,10H2,(H,21,22). The molecule has 0 aliphatic rings. The first-order valence-corrected chi connectivity index (χ1v) is 7.50. The van der Waals surface area contributed by atoms with Gasteiger partial charge in [-0.2, -0.15) is 0 Å². The lowest BCUT2D eigenvalue weighted by molar-refractivity contribution is -0.115. The zero-order valence-corrected chi connectivity index (χ0v) is 13.2. The highest BCUT2D eigenvalue weighted by molar-refractivity contribution is 6.36. The van der Waals surface area contributed by atoms with Crippen molar-refractivity contribution < 1.29 is 9.18 Å². The predicted octanol–water partition coefficient (Wildman–Crippen LogP) is 3.90. The van der Waals surface area contributed by atoms with Crippen molar-refractivity contribution in [2.75, 3.05) is 18.4 Å². The number of rotatable bonds is 6. The fourth-order valence-electron chi connectivity index (χ4n) is 1.87. The van der Waals surface area contributed by atoms with Gasteiger partial charge in [-0.15, -0.1) is 0 Å². The molecule has 2 rings (SSSR count). The molecule has 0 unspecified atom stereocenters. The van der Waals surface area contributed by atoms with Crippen LogP contribution in [0.2, 0.25) is 10.0 Å². The van der Waals surface area contributed by atoms with E-state index in [1.54, 1.807) is 30.3 Å². The van der Waals surface area contributed by atoms with Gasteiger partial charge in [0.15, 0.2) is 0 Å². The van der Waals surface area contributed by atoms with E-state index in [0.717, 1.165) is 12.0 Å². The summed E-state index contributed by atoms with van der Waals surface area (Å²) in [5.41, 5.74) is 1.53. The number of hydrogen-bond acceptors (Lipinski definition) is 2. The summed E-state index contributed by atoms with van der Waals surface area (Å²) in [6.45, 7) is 0.785. The van der Waals surface area contributed by atoms with E-state index in [4.69, 9.17) is 23.2 Å². The molecular formula is C16H15Cl2FN2O. The molecule has 1 amide bonds. The number of carbonyl (C=O) groups is 1. The van der Waals surface area contributed by atoms with E-state index in [1.165, 1.54) is 12.1 Å². The van der Waals surface area contributed by atoms with E-state index in [1.807, 2.05) is 0 Å². The first-order valence-electron chi connectivity index (χ1n) is 6.74. The van der Waals surface area contributed by atoms with Crippen LogP contribution in [-0.2, 0) is 11.2 Å². The van der Waals surface area contributed by atoms with Gasteiger partial charge in [0.2, 0.25) is 5.91 Å². The molecule has 0 aliphatic carbocycles. The second-order valence-electron chi connectivity index (χ2n) is 4.73. The predicted molar refractivity (Wildman–Crippen MR) is 88.1 cm³/mol. The summed E-state index contributed by atoms with van der Waals surface area (Å²) in [5, 5.41) is 6.64. The molecular weight excluding hydrogens is 326 g/mol. The van der Waals surface area contributed by atoms with E-state index >= 15 is 0 Å². The molecule has 0 radical (unpaired) electrons. The lowest BCUT2D eigenvalue weighted by atomic mass is 10.1. The Morgan fingerprint density at radius 2 is 1.82 bits per heavy atom. The number of hydrogen-bond donors (Lipinski definition) is 2.